The molecule has 0 aromatic heterocycles. The number of nitrogens with zero attached hydrogens (tertiary/aromatic N) is 2. The third kappa shape index (κ3) is 5.06. The second kappa shape index (κ2) is 9.43. The van der Waals surface area contributed by atoms with Crippen LogP contribution in [0.3, 0.4) is 0 Å². The molecule has 1 amide bonds. The molecule has 0 unspecified atom stereocenters. The number of carboxylic acids is 1. The molecule has 7 heteroatoms. The van der Waals surface area contributed by atoms with Crippen molar-refractivity contribution in [2.75, 3.05) is 13.1 Å². The van der Waals surface area contributed by atoms with Gasteiger partial charge in [-0.25, -0.2) is 4.79 Å². The summed E-state index contributed by atoms with van der Waals surface area (Å²) in [6.45, 7) is 5.39. The first kappa shape index (κ1) is 20.7. The molecule has 6 nitrogen and oxygen atoms in total. The number of rotatable bonds is 7. The van der Waals surface area contributed by atoms with Gasteiger partial charge in [0.2, 0.25) is 0 Å². The van der Waals surface area contributed by atoms with Crippen LogP contribution in [0, 0.1) is 0 Å². The summed E-state index contributed by atoms with van der Waals surface area (Å²) in [6, 6.07) is 14.1. The lowest BCUT2D eigenvalue weighted by atomic mass is 10.1. The van der Waals surface area contributed by atoms with E-state index < -0.39 is 5.97 Å². The van der Waals surface area contributed by atoms with Gasteiger partial charge in [-0.05, 0) is 67.1 Å². The average Bonchev–Trinajstić information content (AvgIpc) is 3.02. The summed E-state index contributed by atoms with van der Waals surface area (Å²) in [4.78, 5) is 30.3. The van der Waals surface area contributed by atoms with Crippen LogP contribution in [-0.4, -0.2) is 40.1 Å². The predicted molar refractivity (Wildman–Crippen MR) is 115 cm³/mol. The number of likely N-dealkylation sites (N-methyl/N-ethyl adjacent to an activating group) is 1. The minimum Gasteiger partial charge on any atom is -0.489 e. The minimum atomic E-state index is -0.961. The second-order valence-electron chi connectivity index (χ2n) is 6.28. The van der Waals surface area contributed by atoms with E-state index in [9.17, 15) is 9.59 Å². The number of aromatic carboxylic acids is 1. The number of carbonyl (C=O) groups excluding carboxylic acids is 1. The third-order valence-electron chi connectivity index (χ3n) is 4.25. The normalized spacial score (nSPS) is 16.6. The van der Waals surface area contributed by atoms with E-state index in [0.29, 0.717) is 23.7 Å². The summed E-state index contributed by atoms with van der Waals surface area (Å²) in [5.74, 6) is -0.317. The average molecular weight is 410 g/mol. The fraction of sp³-hybridized carbons (Fsp3) is 0.227. The standard InChI is InChI=1S/C22H22N2O4S/c1-3-23-22-24(4-2)20(25)19(29-22)13-15-8-10-18(11-9-15)28-14-16-6-5-7-17(12-16)21(26)27/h5-13H,3-4,14H2,1-2H3,(H,26,27)/b19-13-,23-22?. The van der Waals surface area contributed by atoms with Gasteiger partial charge < -0.3 is 9.84 Å². The van der Waals surface area contributed by atoms with Crippen LogP contribution in [0.15, 0.2) is 58.4 Å². The maximum Gasteiger partial charge on any atom is 0.335 e. The zero-order chi connectivity index (χ0) is 20.8. The predicted octanol–water partition coefficient (Wildman–Crippen LogP) is 4.28. The Morgan fingerprint density at radius 3 is 2.62 bits per heavy atom. The minimum absolute atomic E-state index is 0.0247. The van der Waals surface area contributed by atoms with E-state index in [4.69, 9.17) is 9.84 Å². The van der Waals surface area contributed by atoms with Gasteiger partial charge >= 0.3 is 5.97 Å². The Hall–Kier alpha value is -3.06. The van der Waals surface area contributed by atoms with Gasteiger partial charge in [0, 0.05) is 13.1 Å². The van der Waals surface area contributed by atoms with E-state index in [0.717, 1.165) is 16.3 Å². The van der Waals surface area contributed by atoms with E-state index in [-0.39, 0.29) is 18.1 Å². The summed E-state index contributed by atoms with van der Waals surface area (Å²) in [7, 11) is 0. The van der Waals surface area contributed by atoms with Crippen molar-refractivity contribution in [2.45, 2.75) is 20.5 Å². The molecule has 0 spiro atoms. The SMILES string of the molecule is CCN=C1S/C(=C\c2ccc(OCc3cccc(C(=O)O)c3)cc2)C(=O)N1CC. The van der Waals surface area contributed by atoms with Gasteiger partial charge in [0.25, 0.3) is 5.91 Å². The number of benzene rings is 2. The van der Waals surface area contributed by atoms with Crippen LogP contribution < -0.4 is 4.74 Å². The molecule has 29 heavy (non-hydrogen) atoms. The van der Waals surface area contributed by atoms with Crippen molar-refractivity contribution in [2.24, 2.45) is 4.99 Å². The summed E-state index contributed by atoms with van der Waals surface area (Å²) in [6.07, 6.45) is 1.86. The third-order valence-corrected chi connectivity index (χ3v) is 5.30. The summed E-state index contributed by atoms with van der Waals surface area (Å²) >= 11 is 1.39. The van der Waals surface area contributed by atoms with Crippen molar-refractivity contribution in [3.63, 3.8) is 0 Å². The lowest BCUT2D eigenvalue weighted by molar-refractivity contribution is -0.122. The quantitative estimate of drug-likeness (QED) is 0.690. The van der Waals surface area contributed by atoms with Crippen molar-refractivity contribution in [3.8, 4) is 5.75 Å². The highest BCUT2D eigenvalue weighted by Gasteiger charge is 2.31. The van der Waals surface area contributed by atoms with Crippen LogP contribution in [0.1, 0.15) is 35.3 Å². The highest BCUT2D eigenvalue weighted by molar-refractivity contribution is 8.18. The molecule has 2 aromatic rings. The molecule has 0 saturated carbocycles. The van der Waals surface area contributed by atoms with Gasteiger partial charge in [-0.3, -0.25) is 14.7 Å². The van der Waals surface area contributed by atoms with Crippen molar-refractivity contribution in [1.29, 1.82) is 0 Å². The van der Waals surface area contributed by atoms with E-state index in [1.54, 1.807) is 23.1 Å². The number of carboxylic acid groups (broad SMARTS) is 1. The largest absolute Gasteiger partial charge is 0.489 e. The van der Waals surface area contributed by atoms with Gasteiger partial charge in [0.15, 0.2) is 5.17 Å². The molecule has 150 valence electrons. The van der Waals surface area contributed by atoms with Crippen LogP contribution >= 0.6 is 11.8 Å². The van der Waals surface area contributed by atoms with Gasteiger partial charge in [-0.1, -0.05) is 24.3 Å². The number of amidine groups is 1. The lowest BCUT2D eigenvalue weighted by Gasteiger charge is -2.11. The zero-order valence-corrected chi connectivity index (χ0v) is 17.1. The fourth-order valence-electron chi connectivity index (χ4n) is 2.81. The number of hydrogen-bond acceptors (Lipinski definition) is 5. The molecule has 1 fully saturated rings. The molecule has 0 aliphatic carbocycles. The van der Waals surface area contributed by atoms with Crippen LogP contribution in [0.5, 0.6) is 5.75 Å². The fourth-order valence-corrected chi connectivity index (χ4v) is 3.92. The molecule has 0 atom stereocenters. The first-order chi connectivity index (χ1) is 14.0. The number of thioether (sulfide) groups is 1. The van der Waals surface area contributed by atoms with Crippen molar-refractivity contribution < 1.29 is 19.4 Å². The van der Waals surface area contributed by atoms with E-state index in [2.05, 4.69) is 4.99 Å². The second-order valence-corrected chi connectivity index (χ2v) is 7.29. The van der Waals surface area contributed by atoms with Gasteiger partial charge in [0.1, 0.15) is 12.4 Å². The first-order valence-corrected chi connectivity index (χ1v) is 10.1. The van der Waals surface area contributed by atoms with Crippen LogP contribution in [0.4, 0.5) is 0 Å². The summed E-state index contributed by atoms with van der Waals surface area (Å²) < 4.78 is 5.74. The molecular formula is C22H22N2O4S. The number of carbonyl (C=O) groups is 2. The van der Waals surface area contributed by atoms with E-state index >= 15 is 0 Å². The molecule has 1 heterocycles. The topological polar surface area (TPSA) is 79.2 Å². The Labute approximate surface area is 173 Å². The highest BCUT2D eigenvalue weighted by Crippen LogP contribution is 2.32. The molecule has 3 rings (SSSR count). The van der Waals surface area contributed by atoms with Crippen LogP contribution in [-0.2, 0) is 11.4 Å². The molecular weight excluding hydrogens is 388 g/mol. The maximum absolute atomic E-state index is 12.5. The van der Waals surface area contributed by atoms with E-state index in [1.165, 1.54) is 11.8 Å². The maximum atomic E-state index is 12.5. The Morgan fingerprint density at radius 2 is 1.97 bits per heavy atom. The molecule has 2 aromatic carbocycles. The zero-order valence-electron chi connectivity index (χ0n) is 16.3. The van der Waals surface area contributed by atoms with Crippen molar-refractivity contribution in [1.82, 2.24) is 4.90 Å². The number of aliphatic imine (C=N–C) groups is 1. The smallest absolute Gasteiger partial charge is 0.335 e. The Bertz CT molecular complexity index is 967. The molecule has 0 bridgehead atoms. The number of hydrogen-bond donors (Lipinski definition) is 1. The molecule has 0 radical (unpaired) electrons. The Kier molecular flexibility index (Phi) is 6.72. The van der Waals surface area contributed by atoms with E-state index in [1.807, 2.05) is 50.3 Å². The summed E-state index contributed by atoms with van der Waals surface area (Å²) in [5, 5.41) is 9.80. The molecule has 1 aliphatic rings. The van der Waals surface area contributed by atoms with Crippen molar-refractivity contribution in [3.05, 3.63) is 70.1 Å². The first-order valence-electron chi connectivity index (χ1n) is 9.32. The van der Waals surface area contributed by atoms with Crippen LogP contribution in [0.2, 0.25) is 0 Å². The Balaban J connectivity index is 1.67. The lowest BCUT2D eigenvalue weighted by Crippen LogP contribution is -2.28. The van der Waals surface area contributed by atoms with Crippen molar-refractivity contribution >= 4 is 34.9 Å². The number of amides is 1. The molecule has 1 N–H and O–H groups in total. The summed E-state index contributed by atoms with van der Waals surface area (Å²) in [5.41, 5.74) is 1.92. The van der Waals surface area contributed by atoms with Gasteiger partial charge in [-0.15, -0.1) is 0 Å². The molecule has 1 aliphatic heterocycles. The number of ether oxygens (including phenoxy) is 1. The van der Waals surface area contributed by atoms with Gasteiger partial charge in [-0.2, -0.15) is 0 Å². The molecule has 1 saturated heterocycles. The highest BCUT2D eigenvalue weighted by atomic mass is 32.2. The van der Waals surface area contributed by atoms with Gasteiger partial charge in [0.05, 0.1) is 10.5 Å². The van der Waals surface area contributed by atoms with Crippen LogP contribution in [0.25, 0.3) is 6.08 Å². The monoisotopic (exact) mass is 410 g/mol. The Morgan fingerprint density at radius 1 is 1.21 bits per heavy atom.